The fourth-order valence-corrected chi connectivity index (χ4v) is 2.73. The van der Waals surface area contributed by atoms with E-state index in [1.807, 2.05) is 0 Å². The monoisotopic (exact) mass is 232 g/mol. The summed E-state index contributed by atoms with van der Waals surface area (Å²) in [6.45, 7) is 4.21. The lowest BCUT2D eigenvalue weighted by molar-refractivity contribution is -0.147. The Hall–Kier alpha value is -1.31. The van der Waals surface area contributed by atoms with Gasteiger partial charge >= 0.3 is 5.97 Å². The molecule has 1 N–H and O–H groups in total. The molecule has 0 aliphatic heterocycles. The summed E-state index contributed by atoms with van der Waals surface area (Å²) in [5, 5.41) is 9.52. The second kappa shape index (κ2) is 4.52. The minimum absolute atomic E-state index is 0.587. The molecule has 1 aliphatic rings. The Labute approximate surface area is 103 Å². The molecule has 0 heterocycles. The minimum atomic E-state index is -0.647. The molecule has 1 aromatic rings. The zero-order valence-electron chi connectivity index (χ0n) is 10.6. The van der Waals surface area contributed by atoms with Crippen LogP contribution in [0.5, 0.6) is 0 Å². The SMILES string of the molecule is CCc1ccc(CC)c(C2(C(=O)O)CCC2)c1. The van der Waals surface area contributed by atoms with E-state index in [1.165, 1.54) is 11.1 Å². The van der Waals surface area contributed by atoms with Crippen LogP contribution >= 0.6 is 0 Å². The van der Waals surface area contributed by atoms with E-state index < -0.39 is 11.4 Å². The van der Waals surface area contributed by atoms with Gasteiger partial charge in [0.15, 0.2) is 0 Å². The van der Waals surface area contributed by atoms with Gasteiger partial charge in [0, 0.05) is 0 Å². The summed E-state index contributed by atoms with van der Waals surface area (Å²) in [4.78, 5) is 11.6. The Balaban J connectivity index is 2.51. The van der Waals surface area contributed by atoms with Gasteiger partial charge in [0.2, 0.25) is 0 Å². The van der Waals surface area contributed by atoms with Crippen LogP contribution in [-0.4, -0.2) is 11.1 Å². The van der Waals surface area contributed by atoms with Gasteiger partial charge in [-0.3, -0.25) is 4.79 Å². The standard InChI is InChI=1S/C15H20O2/c1-3-11-6-7-12(4-2)13(10-11)15(14(16)17)8-5-9-15/h6-7,10H,3-5,8-9H2,1-2H3,(H,16,17). The molecular formula is C15H20O2. The van der Waals surface area contributed by atoms with Crippen molar-refractivity contribution in [3.8, 4) is 0 Å². The number of hydrogen-bond acceptors (Lipinski definition) is 1. The summed E-state index contributed by atoms with van der Waals surface area (Å²) >= 11 is 0. The van der Waals surface area contributed by atoms with Gasteiger partial charge in [0.25, 0.3) is 0 Å². The van der Waals surface area contributed by atoms with Gasteiger partial charge in [0.1, 0.15) is 0 Å². The summed E-state index contributed by atoms with van der Waals surface area (Å²) in [6, 6.07) is 6.35. The molecule has 17 heavy (non-hydrogen) atoms. The van der Waals surface area contributed by atoms with Crippen LogP contribution < -0.4 is 0 Å². The number of rotatable bonds is 4. The van der Waals surface area contributed by atoms with E-state index in [9.17, 15) is 9.90 Å². The fourth-order valence-electron chi connectivity index (χ4n) is 2.73. The maximum absolute atomic E-state index is 11.6. The molecule has 2 rings (SSSR count). The Bertz CT molecular complexity index is 431. The maximum atomic E-state index is 11.6. The summed E-state index contributed by atoms with van der Waals surface area (Å²) in [5.74, 6) is -0.647. The van der Waals surface area contributed by atoms with Crippen molar-refractivity contribution in [2.45, 2.75) is 51.4 Å². The zero-order chi connectivity index (χ0) is 12.5. The van der Waals surface area contributed by atoms with Crippen molar-refractivity contribution in [3.05, 3.63) is 34.9 Å². The Morgan fingerprint density at radius 1 is 1.29 bits per heavy atom. The molecule has 92 valence electrons. The highest BCUT2D eigenvalue weighted by Gasteiger charge is 2.46. The second-order valence-corrected chi connectivity index (χ2v) is 4.94. The van der Waals surface area contributed by atoms with Crippen LogP contribution in [0, 0.1) is 0 Å². The first kappa shape index (κ1) is 12.2. The van der Waals surface area contributed by atoms with Crippen LogP contribution in [0.4, 0.5) is 0 Å². The zero-order valence-corrected chi connectivity index (χ0v) is 10.6. The molecule has 0 amide bonds. The molecule has 0 bridgehead atoms. The van der Waals surface area contributed by atoms with Gasteiger partial charge in [-0.15, -0.1) is 0 Å². The van der Waals surface area contributed by atoms with Gasteiger partial charge in [0.05, 0.1) is 5.41 Å². The fraction of sp³-hybridized carbons (Fsp3) is 0.533. The Morgan fingerprint density at radius 3 is 2.41 bits per heavy atom. The Morgan fingerprint density at radius 2 is 2.00 bits per heavy atom. The molecule has 2 nitrogen and oxygen atoms in total. The second-order valence-electron chi connectivity index (χ2n) is 4.94. The molecule has 0 aromatic heterocycles. The molecule has 0 saturated heterocycles. The number of carboxylic acids is 1. The van der Waals surface area contributed by atoms with E-state index in [0.717, 1.165) is 37.7 Å². The highest BCUT2D eigenvalue weighted by atomic mass is 16.4. The number of aliphatic carboxylic acids is 1. The molecule has 0 radical (unpaired) electrons. The summed E-state index contributed by atoms with van der Waals surface area (Å²) < 4.78 is 0. The van der Waals surface area contributed by atoms with Crippen LogP contribution in [0.15, 0.2) is 18.2 Å². The quantitative estimate of drug-likeness (QED) is 0.864. The van der Waals surface area contributed by atoms with E-state index in [0.29, 0.717) is 0 Å². The van der Waals surface area contributed by atoms with Crippen molar-refractivity contribution in [1.82, 2.24) is 0 Å². The molecule has 1 fully saturated rings. The summed E-state index contributed by atoms with van der Waals surface area (Å²) in [5.41, 5.74) is 2.92. The van der Waals surface area contributed by atoms with Crippen molar-refractivity contribution < 1.29 is 9.90 Å². The molecule has 0 unspecified atom stereocenters. The molecule has 0 spiro atoms. The number of aryl methyl sites for hydroxylation is 2. The third kappa shape index (κ3) is 1.86. The van der Waals surface area contributed by atoms with Crippen LogP contribution in [0.1, 0.15) is 49.8 Å². The van der Waals surface area contributed by atoms with E-state index in [2.05, 4.69) is 32.0 Å². The smallest absolute Gasteiger partial charge is 0.314 e. The Kier molecular flexibility index (Phi) is 3.23. The van der Waals surface area contributed by atoms with Crippen molar-refractivity contribution >= 4 is 5.97 Å². The topological polar surface area (TPSA) is 37.3 Å². The molecular weight excluding hydrogens is 212 g/mol. The van der Waals surface area contributed by atoms with Gasteiger partial charge in [-0.2, -0.15) is 0 Å². The number of benzene rings is 1. The third-order valence-corrected chi connectivity index (χ3v) is 4.10. The average molecular weight is 232 g/mol. The van der Waals surface area contributed by atoms with Gasteiger partial charge in [-0.25, -0.2) is 0 Å². The lowest BCUT2D eigenvalue weighted by Gasteiger charge is -2.39. The normalized spacial score (nSPS) is 17.5. The van der Waals surface area contributed by atoms with E-state index in [1.54, 1.807) is 0 Å². The summed E-state index contributed by atoms with van der Waals surface area (Å²) in [7, 11) is 0. The van der Waals surface area contributed by atoms with Gasteiger partial charge < -0.3 is 5.11 Å². The number of carbonyl (C=O) groups is 1. The average Bonchev–Trinajstić information content (AvgIpc) is 2.27. The highest BCUT2D eigenvalue weighted by molar-refractivity contribution is 5.83. The first-order valence-electron chi connectivity index (χ1n) is 6.49. The predicted octanol–water partition coefficient (Wildman–Crippen LogP) is 3.32. The number of hydrogen-bond donors (Lipinski definition) is 1. The lowest BCUT2D eigenvalue weighted by Crippen LogP contribution is -2.43. The van der Waals surface area contributed by atoms with Gasteiger partial charge in [-0.1, -0.05) is 38.5 Å². The van der Waals surface area contributed by atoms with Crippen molar-refractivity contribution in [1.29, 1.82) is 0 Å². The van der Waals surface area contributed by atoms with E-state index in [-0.39, 0.29) is 0 Å². The van der Waals surface area contributed by atoms with E-state index in [4.69, 9.17) is 0 Å². The van der Waals surface area contributed by atoms with Crippen molar-refractivity contribution in [2.24, 2.45) is 0 Å². The molecule has 2 heteroatoms. The van der Waals surface area contributed by atoms with Crippen LogP contribution in [0.3, 0.4) is 0 Å². The van der Waals surface area contributed by atoms with Crippen LogP contribution in [0.25, 0.3) is 0 Å². The lowest BCUT2D eigenvalue weighted by atomic mass is 9.63. The molecule has 1 aromatic carbocycles. The van der Waals surface area contributed by atoms with Crippen LogP contribution in [-0.2, 0) is 23.1 Å². The number of carboxylic acid groups (broad SMARTS) is 1. The molecule has 1 saturated carbocycles. The maximum Gasteiger partial charge on any atom is 0.314 e. The van der Waals surface area contributed by atoms with E-state index >= 15 is 0 Å². The molecule has 0 atom stereocenters. The third-order valence-electron chi connectivity index (χ3n) is 4.10. The minimum Gasteiger partial charge on any atom is -0.481 e. The predicted molar refractivity (Wildman–Crippen MR) is 68.4 cm³/mol. The van der Waals surface area contributed by atoms with Gasteiger partial charge in [-0.05, 0) is 42.4 Å². The first-order valence-corrected chi connectivity index (χ1v) is 6.49. The highest BCUT2D eigenvalue weighted by Crippen LogP contribution is 2.45. The van der Waals surface area contributed by atoms with Crippen LogP contribution in [0.2, 0.25) is 0 Å². The van der Waals surface area contributed by atoms with Crippen molar-refractivity contribution in [2.75, 3.05) is 0 Å². The summed E-state index contributed by atoms with van der Waals surface area (Å²) in [6.07, 6.45) is 4.50. The van der Waals surface area contributed by atoms with Crippen molar-refractivity contribution in [3.63, 3.8) is 0 Å². The largest absolute Gasteiger partial charge is 0.481 e. The molecule has 1 aliphatic carbocycles. The first-order chi connectivity index (χ1) is 8.14.